The number of hydrogen-bond acceptors (Lipinski definition) is 5. The van der Waals surface area contributed by atoms with E-state index in [0.29, 0.717) is 11.6 Å². The third-order valence-electron chi connectivity index (χ3n) is 5.38. The van der Waals surface area contributed by atoms with Gasteiger partial charge in [0.2, 0.25) is 0 Å². The molecule has 4 rings (SSSR count). The number of hydrogen-bond donors (Lipinski definition) is 1. The molecule has 28 heavy (non-hydrogen) atoms. The molecule has 144 valence electrons. The van der Waals surface area contributed by atoms with E-state index in [1.807, 2.05) is 35.2 Å². The first-order valence-corrected chi connectivity index (χ1v) is 9.55. The van der Waals surface area contributed by atoms with Gasteiger partial charge in [0, 0.05) is 35.8 Å². The Bertz CT molecular complexity index is 999. The molecule has 0 radical (unpaired) electrons. The van der Waals surface area contributed by atoms with E-state index >= 15 is 0 Å². The topological polar surface area (TPSA) is 61.4 Å². The molecule has 2 aromatic carbocycles. The quantitative estimate of drug-likeness (QED) is 0.757. The molecule has 1 aliphatic rings. The number of nitrogens with zero attached hydrogens (tertiary/aromatic N) is 4. The Morgan fingerprint density at radius 2 is 1.93 bits per heavy atom. The van der Waals surface area contributed by atoms with Crippen molar-refractivity contribution < 1.29 is 4.79 Å². The molecule has 0 spiro atoms. The Labute approximate surface area is 165 Å². The summed E-state index contributed by atoms with van der Waals surface area (Å²) in [6.07, 6.45) is 2.55. The molecular weight excluding hydrogens is 350 g/mol. The number of rotatable bonds is 4. The zero-order valence-electron chi connectivity index (χ0n) is 16.5. The number of carbonyl (C=O) groups excluding carboxylic acids is 1. The molecular formula is C22H25N5O. The van der Waals surface area contributed by atoms with Gasteiger partial charge in [-0.1, -0.05) is 17.7 Å². The van der Waals surface area contributed by atoms with Crippen LogP contribution in [-0.4, -0.2) is 58.9 Å². The molecule has 1 fully saturated rings. The van der Waals surface area contributed by atoms with Crippen LogP contribution in [0.2, 0.25) is 0 Å². The molecule has 1 atom stereocenters. The van der Waals surface area contributed by atoms with Crippen LogP contribution in [0.1, 0.15) is 22.3 Å². The summed E-state index contributed by atoms with van der Waals surface area (Å²) in [7, 11) is 4.13. The van der Waals surface area contributed by atoms with Crippen LogP contribution in [0.25, 0.3) is 10.9 Å². The molecule has 3 aromatic rings. The van der Waals surface area contributed by atoms with Gasteiger partial charge in [-0.25, -0.2) is 9.97 Å². The van der Waals surface area contributed by atoms with E-state index in [-0.39, 0.29) is 5.91 Å². The van der Waals surface area contributed by atoms with Gasteiger partial charge in [0.1, 0.15) is 12.1 Å². The minimum absolute atomic E-state index is 0.0675. The van der Waals surface area contributed by atoms with Crippen LogP contribution in [0.5, 0.6) is 0 Å². The highest BCUT2D eigenvalue weighted by Gasteiger charge is 2.28. The van der Waals surface area contributed by atoms with E-state index in [9.17, 15) is 4.79 Å². The second kappa shape index (κ2) is 7.56. The van der Waals surface area contributed by atoms with Crippen molar-refractivity contribution in [3.8, 4) is 0 Å². The number of aryl methyl sites for hydroxylation is 1. The van der Waals surface area contributed by atoms with Crippen molar-refractivity contribution in [2.45, 2.75) is 19.4 Å². The van der Waals surface area contributed by atoms with Crippen molar-refractivity contribution in [1.29, 1.82) is 0 Å². The maximum atomic E-state index is 12.9. The fourth-order valence-corrected chi connectivity index (χ4v) is 3.59. The van der Waals surface area contributed by atoms with Gasteiger partial charge in [-0.2, -0.15) is 0 Å². The number of benzene rings is 2. The molecule has 0 saturated carbocycles. The summed E-state index contributed by atoms with van der Waals surface area (Å²) in [5.74, 6) is 0.805. The molecule has 1 unspecified atom stereocenters. The third kappa shape index (κ3) is 3.68. The van der Waals surface area contributed by atoms with Crippen molar-refractivity contribution in [1.82, 2.24) is 19.8 Å². The molecule has 6 heteroatoms. The number of likely N-dealkylation sites (N-methyl/N-ethyl adjacent to an activating group) is 1. The summed E-state index contributed by atoms with van der Waals surface area (Å²) >= 11 is 0. The Morgan fingerprint density at radius 3 is 2.64 bits per heavy atom. The van der Waals surface area contributed by atoms with Gasteiger partial charge in [0.15, 0.2) is 0 Å². The second-order valence-electron chi connectivity index (χ2n) is 7.60. The van der Waals surface area contributed by atoms with Crippen LogP contribution < -0.4 is 5.32 Å². The molecule has 0 bridgehead atoms. The van der Waals surface area contributed by atoms with E-state index in [0.717, 1.165) is 41.9 Å². The number of nitrogens with one attached hydrogen (secondary N) is 1. The van der Waals surface area contributed by atoms with Crippen molar-refractivity contribution in [3.63, 3.8) is 0 Å². The maximum Gasteiger partial charge on any atom is 0.253 e. The predicted molar refractivity (Wildman–Crippen MR) is 112 cm³/mol. The van der Waals surface area contributed by atoms with Crippen molar-refractivity contribution in [2.24, 2.45) is 0 Å². The fourth-order valence-electron chi connectivity index (χ4n) is 3.59. The summed E-state index contributed by atoms with van der Waals surface area (Å²) in [5, 5.41) is 4.24. The van der Waals surface area contributed by atoms with E-state index in [2.05, 4.69) is 53.3 Å². The zero-order valence-corrected chi connectivity index (χ0v) is 16.5. The second-order valence-corrected chi connectivity index (χ2v) is 7.60. The van der Waals surface area contributed by atoms with Crippen LogP contribution in [0.3, 0.4) is 0 Å². The number of anilines is 2. The molecule has 0 aliphatic carbocycles. The maximum absolute atomic E-state index is 12.9. The standard InChI is InChI=1S/C22H25N5O/c1-15-4-7-17(8-5-15)25-21-19-9-6-16(12-20(19)23-14-24-21)22(28)27-11-10-18(13-27)26(2)3/h4-9,12,14,18H,10-11,13H2,1-3H3,(H,23,24,25). The van der Waals surface area contributed by atoms with Crippen molar-refractivity contribution in [3.05, 3.63) is 59.9 Å². The first-order valence-electron chi connectivity index (χ1n) is 9.55. The molecule has 1 aromatic heterocycles. The number of carbonyl (C=O) groups is 1. The van der Waals surface area contributed by atoms with E-state index in [1.165, 1.54) is 11.9 Å². The Balaban J connectivity index is 1.58. The third-order valence-corrected chi connectivity index (χ3v) is 5.38. The number of fused-ring (bicyclic) bond motifs is 1. The van der Waals surface area contributed by atoms with Crippen LogP contribution >= 0.6 is 0 Å². The first-order chi connectivity index (χ1) is 13.5. The zero-order chi connectivity index (χ0) is 19.7. The van der Waals surface area contributed by atoms with E-state index in [1.54, 1.807) is 0 Å². The summed E-state index contributed by atoms with van der Waals surface area (Å²) in [6.45, 7) is 3.63. The number of likely N-dealkylation sites (tertiary alicyclic amines) is 1. The monoisotopic (exact) mass is 375 g/mol. The van der Waals surface area contributed by atoms with E-state index in [4.69, 9.17) is 0 Å². The van der Waals surface area contributed by atoms with Crippen molar-refractivity contribution >= 4 is 28.3 Å². The average Bonchev–Trinajstić information content (AvgIpc) is 3.19. The Kier molecular flexibility index (Phi) is 4.96. The lowest BCUT2D eigenvalue weighted by Crippen LogP contribution is -2.34. The Hall–Kier alpha value is -2.99. The minimum Gasteiger partial charge on any atom is -0.340 e. The number of amides is 1. The van der Waals surface area contributed by atoms with Gasteiger partial charge >= 0.3 is 0 Å². The molecule has 1 saturated heterocycles. The lowest BCUT2D eigenvalue weighted by Gasteiger charge is -2.20. The minimum atomic E-state index is 0.0675. The van der Waals surface area contributed by atoms with Crippen LogP contribution in [0.4, 0.5) is 11.5 Å². The lowest BCUT2D eigenvalue weighted by molar-refractivity contribution is 0.0783. The lowest BCUT2D eigenvalue weighted by atomic mass is 10.1. The highest BCUT2D eigenvalue weighted by atomic mass is 16.2. The van der Waals surface area contributed by atoms with Gasteiger partial charge in [0.05, 0.1) is 5.52 Å². The first kappa shape index (κ1) is 18.4. The highest BCUT2D eigenvalue weighted by molar-refractivity contribution is 6.00. The predicted octanol–water partition coefficient (Wildman–Crippen LogP) is 3.46. The van der Waals surface area contributed by atoms with Gasteiger partial charge in [-0.15, -0.1) is 0 Å². The molecule has 1 N–H and O–H groups in total. The van der Waals surface area contributed by atoms with Gasteiger partial charge < -0.3 is 15.1 Å². The van der Waals surface area contributed by atoms with Crippen LogP contribution in [0, 0.1) is 6.92 Å². The van der Waals surface area contributed by atoms with E-state index < -0.39 is 0 Å². The summed E-state index contributed by atoms with van der Waals surface area (Å²) in [4.78, 5) is 25.8. The number of aromatic nitrogens is 2. The SMILES string of the molecule is Cc1ccc(Nc2ncnc3cc(C(=O)N4CCC(N(C)C)C4)ccc23)cc1. The van der Waals surface area contributed by atoms with Crippen LogP contribution in [-0.2, 0) is 0 Å². The Morgan fingerprint density at radius 1 is 1.14 bits per heavy atom. The van der Waals surface area contributed by atoms with Crippen molar-refractivity contribution in [2.75, 3.05) is 32.5 Å². The van der Waals surface area contributed by atoms with Gasteiger partial charge in [-0.3, -0.25) is 4.79 Å². The molecule has 1 amide bonds. The fraction of sp³-hybridized carbons (Fsp3) is 0.318. The summed E-state index contributed by atoms with van der Waals surface area (Å²) in [6, 6.07) is 14.3. The normalized spacial score (nSPS) is 16.7. The summed E-state index contributed by atoms with van der Waals surface area (Å²) in [5.41, 5.74) is 3.61. The van der Waals surface area contributed by atoms with Gasteiger partial charge in [-0.05, 0) is 57.8 Å². The molecule has 2 heterocycles. The van der Waals surface area contributed by atoms with Gasteiger partial charge in [0.25, 0.3) is 5.91 Å². The molecule has 6 nitrogen and oxygen atoms in total. The average molecular weight is 375 g/mol. The van der Waals surface area contributed by atoms with Crippen LogP contribution in [0.15, 0.2) is 48.8 Å². The smallest absolute Gasteiger partial charge is 0.253 e. The highest BCUT2D eigenvalue weighted by Crippen LogP contribution is 2.25. The molecule has 1 aliphatic heterocycles. The largest absolute Gasteiger partial charge is 0.340 e. The summed E-state index contributed by atoms with van der Waals surface area (Å²) < 4.78 is 0.